The first-order valence-corrected chi connectivity index (χ1v) is 34.1. The summed E-state index contributed by atoms with van der Waals surface area (Å²) in [4.78, 5) is 95.2. The average Bonchev–Trinajstić information content (AvgIpc) is 1.71. The van der Waals surface area contributed by atoms with Crippen molar-refractivity contribution in [2.24, 2.45) is 17.8 Å². The van der Waals surface area contributed by atoms with Crippen LogP contribution in [0, 0.1) is 17.8 Å². The normalized spacial score (nSPS) is 11.7. The highest BCUT2D eigenvalue weighted by Gasteiger charge is 2.33. The van der Waals surface area contributed by atoms with Gasteiger partial charge < -0.3 is 50.7 Å². The van der Waals surface area contributed by atoms with E-state index >= 15 is 0 Å². The van der Waals surface area contributed by atoms with Crippen LogP contribution in [0.2, 0.25) is 0 Å². The minimum absolute atomic E-state index is 0.00539. The maximum Gasteiger partial charge on any atom is 0.416 e. The molecule has 0 saturated heterocycles. The van der Waals surface area contributed by atoms with Gasteiger partial charge >= 0.3 is 24.5 Å². The Balaban J connectivity index is 0.000000184. The lowest BCUT2D eigenvalue weighted by atomic mass is 10.1. The van der Waals surface area contributed by atoms with E-state index in [1.54, 1.807) is 59.7 Å². The fraction of sp³-hybridized carbons (Fsp3) is 0.231. The van der Waals surface area contributed by atoms with Gasteiger partial charge in [0.2, 0.25) is 35.4 Å². The van der Waals surface area contributed by atoms with Gasteiger partial charge in [0.25, 0.3) is 31.1 Å². The van der Waals surface area contributed by atoms with Crippen LogP contribution in [0.3, 0.4) is 0 Å². The number of nitrogen functional groups attached to an aromatic ring is 1. The number of nitrogens with one attached hydrogen (secondary N) is 5. The summed E-state index contributed by atoms with van der Waals surface area (Å²) in [5.41, 5.74) is 5.28. The molecule has 6 aromatic carbocycles. The van der Waals surface area contributed by atoms with Crippen molar-refractivity contribution in [2.45, 2.75) is 99.0 Å². The number of carboxylic acid groups (broad SMARTS) is 1. The molecule has 5 amide bonds. The summed E-state index contributed by atoms with van der Waals surface area (Å²) < 4.78 is 210. The number of benzene rings is 6. The lowest BCUT2D eigenvalue weighted by molar-refractivity contribution is -0.138. The smallest absolute Gasteiger partial charge is 0.416 e. The molecule has 12 rings (SSSR count). The predicted octanol–water partition coefficient (Wildman–Crippen LogP) is 18.8. The Morgan fingerprint density at radius 1 is 0.391 bits per heavy atom. The van der Waals surface area contributed by atoms with Crippen molar-refractivity contribution in [1.29, 1.82) is 0 Å². The number of halogens is 15. The number of rotatable bonds is 20. The maximum atomic E-state index is 13.5. The average molecular weight is 1620 g/mol. The molecule has 0 aliphatic carbocycles. The number of carbonyl (C=O) groups is 6. The fourth-order valence-corrected chi connectivity index (χ4v) is 10.2. The minimum Gasteiger partial charge on any atom is -0.478 e. The van der Waals surface area contributed by atoms with Gasteiger partial charge in [0.05, 0.1) is 33.4 Å². The highest BCUT2D eigenvalue weighted by atomic mass is 19.4. The summed E-state index contributed by atoms with van der Waals surface area (Å²) in [7, 11) is 0. The van der Waals surface area contributed by atoms with Gasteiger partial charge in [0, 0.05) is 89.7 Å². The number of fused-ring (bicyclic) bond motifs is 3. The molecule has 12 aromatic rings. The standard InChI is InChI=1S/2C26H21F5N4O3.C14H9F3N2O.C12H14F2N2O3/c2*1-13(2)23(36)33-12-14-9-18(21(22(27)28)32-11-14)24(37)34-17-7-8-20-19(10-17)35-25(38-20)15-3-5-16(6-4-15)26(29,30)31;15-14(16,17)9-3-1-8(2-4-9)13-19-11-7-10(18)5-6-12(11)20-13;1-6(2)11(17)16-5-7-3-8(12(18)19)9(10(13)14)15-4-7/h2*3-11,13,22H,12H2,1-2H3,(H,33,36)(H,34,37);1-7H,18H2;3-4,6,10H,5H2,1-2H3,(H,16,17)(H,18,19). The number of carbonyl (C=O) groups excluding carboxylic acids is 5. The number of amides is 5. The Kier molecular flexibility index (Phi) is 27.2. The number of hydrogen-bond donors (Lipinski definition) is 7. The van der Waals surface area contributed by atoms with Crippen molar-refractivity contribution in [1.82, 2.24) is 45.9 Å². The third kappa shape index (κ3) is 22.8. The van der Waals surface area contributed by atoms with Gasteiger partial charge in [-0.1, -0.05) is 41.5 Å². The van der Waals surface area contributed by atoms with Crippen LogP contribution in [0.5, 0.6) is 0 Å². The zero-order chi connectivity index (χ0) is 84.1. The van der Waals surface area contributed by atoms with E-state index in [2.05, 4.69) is 56.5 Å². The molecule has 6 aromatic heterocycles. The highest BCUT2D eigenvalue weighted by Crippen LogP contribution is 2.37. The Bertz CT molecular complexity index is 5270. The molecule has 0 spiro atoms. The molecule has 0 aliphatic rings. The number of anilines is 3. The number of aromatic nitrogens is 6. The zero-order valence-corrected chi connectivity index (χ0v) is 60.7. The van der Waals surface area contributed by atoms with Crippen LogP contribution >= 0.6 is 0 Å². The molecule has 0 atom stereocenters. The van der Waals surface area contributed by atoms with E-state index in [4.69, 9.17) is 24.1 Å². The van der Waals surface area contributed by atoms with E-state index in [0.29, 0.717) is 61.3 Å². The van der Waals surface area contributed by atoms with Gasteiger partial charge in [0.15, 0.2) is 16.7 Å². The van der Waals surface area contributed by atoms with Crippen molar-refractivity contribution in [3.05, 3.63) is 231 Å². The topological polar surface area (TPSA) is 326 Å². The number of carboxylic acids is 1. The third-order valence-electron chi connectivity index (χ3n) is 16.3. The molecular formula is C78H65F15N12O10. The van der Waals surface area contributed by atoms with Crippen LogP contribution in [0.15, 0.2) is 177 Å². The van der Waals surface area contributed by atoms with Gasteiger partial charge in [-0.05, 0) is 162 Å². The molecule has 37 heteroatoms. The molecule has 0 aliphatic heterocycles. The third-order valence-corrected chi connectivity index (χ3v) is 16.3. The summed E-state index contributed by atoms with van der Waals surface area (Å²) >= 11 is 0. The predicted molar refractivity (Wildman–Crippen MR) is 388 cm³/mol. The van der Waals surface area contributed by atoms with Gasteiger partial charge in [-0.25, -0.2) is 46.1 Å². The van der Waals surface area contributed by atoms with Crippen molar-refractivity contribution in [2.75, 3.05) is 16.4 Å². The second kappa shape index (κ2) is 36.5. The molecule has 22 nitrogen and oxygen atoms in total. The number of oxazole rings is 3. The second-order valence-electron chi connectivity index (χ2n) is 25.9. The maximum absolute atomic E-state index is 13.5. The lowest BCUT2D eigenvalue weighted by Gasteiger charge is -2.12. The largest absolute Gasteiger partial charge is 0.478 e. The van der Waals surface area contributed by atoms with Crippen LogP contribution in [0.1, 0.15) is 142 Å². The Labute approximate surface area is 641 Å². The summed E-state index contributed by atoms with van der Waals surface area (Å²) in [6.45, 7) is 10.3. The molecule has 8 N–H and O–H groups in total. The molecule has 0 bridgehead atoms. The molecule has 0 fully saturated rings. The number of aromatic carboxylic acids is 1. The minimum atomic E-state index is -4.48. The molecule has 115 heavy (non-hydrogen) atoms. The Hall–Kier alpha value is -13.3. The van der Waals surface area contributed by atoms with Crippen LogP contribution in [0.4, 0.5) is 82.9 Å². The van der Waals surface area contributed by atoms with Crippen LogP contribution in [-0.4, -0.2) is 70.5 Å². The first kappa shape index (κ1) is 85.7. The lowest BCUT2D eigenvalue weighted by Crippen LogP contribution is -2.27. The van der Waals surface area contributed by atoms with E-state index in [1.807, 2.05) is 0 Å². The summed E-state index contributed by atoms with van der Waals surface area (Å²) in [6, 6.07) is 30.5. The van der Waals surface area contributed by atoms with Crippen molar-refractivity contribution in [3.8, 4) is 34.4 Å². The molecule has 0 saturated carbocycles. The van der Waals surface area contributed by atoms with E-state index in [9.17, 15) is 94.6 Å². The molecular weight excluding hydrogens is 1550 g/mol. The summed E-state index contributed by atoms with van der Waals surface area (Å²) in [5, 5.41) is 21.7. The Morgan fingerprint density at radius 2 is 0.670 bits per heavy atom. The summed E-state index contributed by atoms with van der Waals surface area (Å²) in [5.74, 6) is -4.26. The Morgan fingerprint density at radius 3 is 0.948 bits per heavy atom. The first-order chi connectivity index (χ1) is 54.1. The van der Waals surface area contributed by atoms with Crippen LogP contribution in [0.25, 0.3) is 67.7 Å². The van der Waals surface area contributed by atoms with Gasteiger partial charge in [-0.3, -0.25) is 38.9 Å². The number of nitrogens with zero attached hydrogens (tertiary/aromatic N) is 6. The number of alkyl halides is 15. The summed E-state index contributed by atoms with van der Waals surface area (Å²) in [6.07, 6.45) is -18.8. The molecule has 0 radical (unpaired) electrons. The van der Waals surface area contributed by atoms with Crippen molar-refractivity contribution in [3.63, 3.8) is 0 Å². The number of hydrogen-bond acceptors (Lipinski definition) is 16. The van der Waals surface area contributed by atoms with E-state index in [1.165, 1.54) is 97.3 Å². The SMILES string of the molecule is CC(C)C(=O)NCc1cnc(C(F)F)c(C(=O)Nc2ccc3oc(-c4ccc(C(F)(F)F)cc4)nc3c2)c1.CC(C)C(=O)NCc1cnc(C(F)F)c(C(=O)Nc2ccc3oc(-c4ccc(C(F)(F)F)cc4)nc3c2)c1.CC(C)C(=O)NCc1cnc(C(F)F)c(C(=O)O)c1.Nc1ccc2oc(-c3ccc(C(F)(F)F)cc3)nc2c1. The molecule has 0 unspecified atom stereocenters. The van der Waals surface area contributed by atoms with Gasteiger partial charge in [0.1, 0.15) is 33.6 Å². The first-order valence-electron chi connectivity index (χ1n) is 34.1. The van der Waals surface area contributed by atoms with Crippen LogP contribution < -0.4 is 32.3 Å². The fourth-order valence-electron chi connectivity index (χ4n) is 10.2. The number of pyridine rings is 3. The van der Waals surface area contributed by atoms with Crippen molar-refractivity contribution >= 4 is 85.9 Å². The van der Waals surface area contributed by atoms with E-state index < -0.39 is 94.9 Å². The van der Waals surface area contributed by atoms with Crippen LogP contribution in [-0.2, 0) is 52.5 Å². The zero-order valence-electron chi connectivity index (χ0n) is 60.7. The quantitative estimate of drug-likeness (QED) is 0.0275. The highest BCUT2D eigenvalue weighted by molar-refractivity contribution is 6.07. The molecule has 6 heterocycles. The van der Waals surface area contributed by atoms with E-state index in [0.717, 1.165) is 48.7 Å². The van der Waals surface area contributed by atoms with Gasteiger partial charge in [-0.15, -0.1) is 0 Å². The number of nitrogens with two attached hydrogens (primary N) is 1. The van der Waals surface area contributed by atoms with Crippen molar-refractivity contribution < 1.29 is 113 Å². The van der Waals surface area contributed by atoms with E-state index in [-0.39, 0.29) is 106 Å². The second-order valence-corrected chi connectivity index (χ2v) is 25.9. The monoisotopic (exact) mass is 1610 g/mol. The van der Waals surface area contributed by atoms with Gasteiger partial charge in [-0.2, -0.15) is 39.5 Å². The molecule has 602 valence electrons.